The lowest BCUT2D eigenvalue weighted by Gasteiger charge is -2.34. The van der Waals surface area contributed by atoms with Gasteiger partial charge < -0.3 is 10.2 Å². The molecule has 0 saturated carbocycles. The summed E-state index contributed by atoms with van der Waals surface area (Å²) in [7, 11) is 0. The van der Waals surface area contributed by atoms with Gasteiger partial charge in [0.15, 0.2) is 0 Å². The molecule has 3 heterocycles. The molecule has 41 heavy (non-hydrogen) atoms. The van der Waals surface area contributed by atoms with Crippen LogP contribution in [0.2, 0.25) is 0 Å². The van der Waals surface area contributed by atoms with Gasteiger partial charge >= 0.3 is 12.4 Å². The number of pyridine rings is 1. The Morgan fingerprint density at radius 2 is 1.49 bits per heavy atom. The van der Waals surface area contributed by atoms with Crippen LogP contribution in [-0.4, -0.2) is 28.4 Å². The highest BCUT2D eigenvalue weighted by atomic mass is 19.4. The van der Waals surface area contributed by atoms with E-state index in [-0.39, 0.29) is 23.8 Å². The highest BCUT2D eigenvalue weighted by Gasteiger charge is 2.32. The Labute approximate surface area is 232 Å². The van der Waals surface area contributed by atoms with Gasteiger partial charge in [-0.25, -0.2) is 4.98 Å². The maximum absolute atomic E-state index is 13.2. The highest BCUT2D eigenvalue weighted by molar-refractivity contribution is 5.94. The third-order valence-corrected chi connectivity index (χ3v) is 7.53. The van der Waals surface area contributed by atoms with Gasteiger partial charge in [-0.05, 0) is 72.7 Å². The number of carbonyl (C=O) groups is 1. The maximum Gasteiger partial charge on any atom is 0.417 e. The van der Waals surface area contributed by atoms with Crippen molar-refractivity contribution in [3.05, 3.63) is 101 Å². The number of carbonyl (C=O) groups excluding carboxylic acids is 1. The van der Waals surface area contributed by atoms with Crippen LogP contribution in [0.3, 0.4) is 0 Å². The molecule has 1 saturated heterocycles. The van der Waals surface area contributed by atoms with Crippen molar-refractivity contribution in [1.29, 1.82) is 0 Å². The second-order valence-electron chi connectivity index (χ2n) is 10.1. The van der Waals surface area contributed by atoms with E-state index in [9.17, 15) is 31.1 Å². The van der Waals surface area contributed by atoms with Gasteiger partial charge in [0, 0.05) is 31.5 Å². The summed E-state index contributed by atoms with van der Waals surface area (Å²) in [5.41, 5.74) is 2.00. The van der Waals surface area contributed by atoms with Crippen LogP contribution in [0.1, 0.15) is 64.1 Å². The lowest BCUT2D eigenvalue weighted by Crippen LogP contribution is -2.32. The summed E-state index contributed by atoms with van der Waals surface area (Å²) in [5.74, 6) is -0.314. The summed E-state index contributed by atoms with van der Waals surface area (Å²) in [6.07, 6.45) is -5.97. The lowest BCUT2D eigenvalue weighted by atomic mass is 9.88. The molecule has 1 N–H and O–H groups in total. The molecule has 216 valence electrons. The van der Waals surface area contributed by atoms with E-state index in [4.69, 9.17) is 0 Å². The summed E-state index contributed by atoms with van der Waals surface area (Å²) in [5, 5.41) is 2.80. The fourth-order valence-electron chi connectivity index (χ4n) is 5.25. The molecule has 0 spiro atoms. The number of halogens is 6. The van der Waals surface area contributed by atoms with E-state index < -0.39 is 29.4 Å². The zero-order valence-electron chi connectivity index (χ0n) is 22.2. The largest absolute Gasteiger partial charge is 0.417 e. The van der Waals surface area contributed by atoms with E-state index in [2.05, 4.69) is 15.2 Å². The standard InChI is InChI=1S/C30H28F6N4O/c1-2-25-27(40-18-23(30(34,35)36)9-12-26(40)38-25)28(41)37-17-19-3-10-24(11-4-19)39-15-13-21(14-16-39)20-5-7-22(8-6-20)29(31,32)33/h3-12,18,21H,2,13-17H2,1H3,(H,37,41). The van der Waals surface area contributed by atoms with Crippen molar-refractivity contribution in [2.75, 3.05) is 18.0 Å². The molecule has 0 radical (unpaired) electrons. The maximum atomic E-state index is 13.2. The molecule has 2 aromatic carbocycles. The van der Waals surface area contributed by atoms with Gasteiger partial charge in [-0.1, -0.05) is 31.2 Å². The zero-order chi connectivity index (χ0) is 29.4. The first kappa shape index (κ1) is 28.5. The number of aromatic nitrogens is 2. The van der Waals surface area contributed by atoms with Crippen LogP contribution >= 0.6 is 0 Å². The molecule has 1 fully saturated rings. The van der Waals surface area contributed by atoms with Crippen LogP contribution in [0.25, 0.3) is 5.65 Å². The van der Waals surface area contributed by atoms with Gasteiger partial charge in [-0.3, -0.25) is 9.20 Å². The van der Waals surface area contributed by atoms with Crippen molar-refractivity contribution in [3.8, 4) is 0 Å². The van der Waals surface area contributed by atoms with Crippen LogP contribution in [0.5, 0.6) is 0 Å². The molecule has 0 aliphatic carbocycles. The van der Waals surface area contributed by atoms with Crippen LogP contribution in [0.4, 0.5) is 32.0 Å². The van der Waals surface area contributed by atoms with E-state index in [1.54, 1.807) is 19.1 Å². The second kappa shape index (κ2) is 11.1. The molecule has 1 aliphatic heterocycles. The molecule has 0 unspecified atom stereocenters. The third-order valence-electron chi connectivity index (χ3n) is 7.53. The van der Waals surface area contributed by atoms with Crippen molar-refractivity contribution in [2.45, 2.75) is 51.0 Å². The fourth-order valence-corrected chi connectivity index (χ4v) is 5.25. The Morgan fingerprint density at radius 1 is 0.878 bits per heavy atom. The average Bonchev–Trinajstić information content (AvgIpc) is 3.34. The van der Waals surface area contributed by atoms with Crippen LogP contribution in [0, 0.1) is 0 Å². The first-order valence-electron chi connectivity index (χ1n) is 13.3. The Hall–Kier alpha value is -4.02. The summed E-state index contributed by atoms with van der Waals surface area (Å²) in [4.78, 5) is 19.6. The second-order valence-corrected chi connectivity index (χ2v) is 10.1. The first-order valence-corrected chi connectivity index (χ1v) is 13.3. The zero-order valence-corrected chi connectivity index (χ0v) is 22.2. The monoisotopic (exact) mass is 574 g/mol. The van der Waals surface area contributed by atoms with Crippen molar-refractivity contribution in [2.24, 2.45) is 0 Å². The lowest BCUT2D eigenvalue weighted by molar-refractivity contribution is -0.138. The summed E-state index contributed by atoms with van der Waals surface area (Å²) < 4.78 is 79.5. The van der Waals surface area contributed by atoms with Crippen LogP contribution in [-0.2, 0) is 25.3 Å². The van der Waals surface area contributed by atoms with Crippen LogP contribution in [0.15, 0.2) is 66.9 Å². The molecule has 4 aromatic rings. The first-order chi connectivity index (χ1) is 19.4. The number of aryl methyl sites for hydroxylation is 1. The smallest absolute Gasteiger partial charge is 0.371 e. The van der Waals surface area contributed by atoms with Crippen molar-refractivity contribution in [1.82, 2.24) is 14.7 Å². The summed E-state index contributed by atoms with van der Waals surface area (Å²) in [6, 6.07) is 15.3. The number of alkyl halides is 6. The number of fused-ring (bicyclic) bond motifs is 1. The number of nitrogens with one attached hydrogen (secondary N) is 1. The number of anilines is 1. The Kier molecular flexibility index (Phi) is 7.72. The molecule has 2 aromatic heterocycles. The average molecular weight is 575 g/mol. The topological polar surface area (TPSA) is 49.6 Å². The Morgan fingerprint density at radius 3 is 2.07 bits per heavy atom. The van der Waals surface area contributed by atoms with Crippen molar-refractivity contribution < 1.29 is 31.1 Å². The predicted molar refractivity (Wildman–Crippen MR) is 143 cm³/mol. The number of hydrogen-bond acceptors (Lipinski definition) is 3. The van der Waals surface area contributed by atoms with Gasteiger partial charge in [0.2, 0.25) is 0 Å². The van der Waals surface area contributed by atoms with Crippen molar-refractivity contribution >= 4 is 17.2 Å². The van der Waals surface area contributed by atoms with Gasteiger partial charge in [-0.15, -0.1) is 0 Å². The molecular weight excluding hydrogens is 546 g/mol. The van der Waals surface area contributed by atoms with Gasteiger partial charge in [0.1, 0.15) is 11.3 Å². The normalized spacial score (nSPS) is 15.0. The number of hydrogen-bond donors (Lipinski definition) is 1. The summed E-state index contributed by atoms with van der Waals surface area (Å²) in [6.45, 7) is 3.49. The SMILES string of the molecule is CCc1nc2ccc(C(F)(F)F)cn2c1C(=O)NCc1ccc(N2CCC(c3ccc(C(F)(F)F)cc3)CC2)cc1. The van der Waals surface area contributed by atoms with E-state index >= 15 is 0 Å². The third kappa shape index (κ3) is 6.18. The molecule has 0 atom stereocenters. The van der Waals surface area contributed by atoms with E-state index in [0.717, 1.165) is 67.1 Å². The number of piperidine rings is 1. The van der Waals surface area contributed by atoms with E-state index in [1.807, 2.05) is 24.3 Å². The van der Waals surface area contributed by atoms with E-state index in [0.29, 0.717) is 12.1 Å². The fraction of sp³-hybridized carbons (Fsp3) is 0.333. The van der Waals surface area contributed by atoms with Gasteiger partial charge in [0.25, 0.3) is 5.91 Å². The molecule has 1 amide bonds. The number of benzene rings is 2. The molecular formula is C30H28F6N4O. The molecule has 11 heteroatoms. The Balaban J connectivity index is 1.20. The van der Waals surface area contributed by atoms with E-state index in [1.165, 1.54) is 10.5 Å². The number of amides is 1. The molecule has 0 bridgehead atoms. The quantitative estimate of drug-likeness (QED) is 0.247. The minimum Gasteiger partial charge on any atom is -0.371 e. The minimum absolute atomic E-state index is 0.0844. The minimum atomic E-state index is -4.54. The molecule has 1 aliphatic rings. The molecule has 5 rings (SSSR count). The number of imidazole rings is 1. The highest BCUT2D eigenvalue weighted by Crippen LogP contribution is 2.34. The van der Waals surface area contributed by atoms with Gasteiger partial charge in [0.05, 0.1) is 16.8 Å². The molecule has 5 nitrogen and oxygen atoms in total. The van der Waals surface area contributed by atoms with Crippen LogP contribution < -0.4 is 10.2 Å². The number of nitrogens with zero attached hydrogens (tertiary/aromatic N) is 3. The van der Waals surface area contributed by atoms with Crippen molar-refractivity contribution in [3.63, 3.8) is 0 Å². The number of rotatable bonds is 6. The Bertz CT molecular complexity index is 1520. The predicted octanol–water partition coefficient (Wildman–Crippen LogP) is 7.25. The summed E-state index contributed by atoms with van der Waals surface area (Å²) >= 11 is 0. The van der Waals surface area contributed by atoms with Gasteiger partial charge in [-0.2, -0.15) is 26.3 Å².